The fourth-order valence-corrected chi connectivity index (χ4v) is 1.78. The molecule has 0 aliphatic heterocycles. The van der Waals surface area contributed by atoms with Gasteiger partial charge in [-0.15, -0.1) is 0 Å². The largest absolute Gasteiger partial charge is 0.399 e. The van der Waals surface area contributed by atoms with Crippen molar-refractivity contribution in [1.29, 1.82) is 5.26 Å². The Bertz CT molecular complexity index is 792. The van der Waals surface area contributed by atoms with Gasteiger partial charge in [-0.1, -0.05) is 6.07 Å². The Balaban J connectivity index is 1.95. The lowest BCUT2D eigenvalue weighted by Gasteiger charge is -2.05. The molecule has 2 amide bonds. The van der Waals surface area contributed by atoms with Gasteiger partial charge in [-0.25, -0.2) is 0 Å². The first kappa shape index (κ1) is 16.7. The minimum Gasteiger partial charge on any atom is -0.399 e. The molecule has 0 bridgehead atoms. The SMILES string of the molecule is N#C/C(=C/NC(=O)c1ccc(N)cc1)C(=O)NCc1cccnc1. The molecule has 2 rings (SSSR count). The molecule has 0 atom stereocenters. The minimum atomic E-state index is -0.584. The highest BCUT2D eigenvalue weighted by atomic mass is 16.2. The Kier molecular flexibility index (Phi) is 5.64. The molecule has 1 aromatic carbocycles. The van der Waals surface area contributed by atoms with E-state index in [4.69, 9.17) is 11.0 Å². The highest BCUT2D eigenvalue weighted by Gasteiger charge is 2.10. The maximum absolute atomic E-state index is 12.0. The Morgan fingerprint density at radius 1 is 1.25 bits per heavy atom. The maximum Gasteiger partial charge on any atom is 0.263 e. The van der Waals surface area contributed by atoms with Gasteiger partial charge < -0.3 is 16.4 Å². The zero-order chi connectivity index (χ0) is 17.4. The molecule has 7 heteroatoms. The summed E-state index contributed by atoms with van der Waals surface area (Å²) in [4.78, 5) is 27.8. The average molecular weight is 321 g/mol. The number of anilines is 1. The van der Waals surface area contributed by atoms with Crippen molar-refractivity contribution in [2.24, 2.45) is 0 Å². The quantitative estimate of drug-likeness (QED) is 0.433. The molecule has 1 aromatic heterocycles. The second kappa shape index (κ2) is 8.10. The van der Waals surface area contributed by atoms with Gasteiger partial charge in [0.15, 0.2) is 0 Å². The van der Waals surface area contributed by atoms with E-state index >= 15 is 0 Å². The van der Waals surface area contributed by atoms with Crippen LogP contribution in [0.3, 0.4) is 0 Å². The third kappa shape index (κ3) is 4.68. The third-order valence-corrected chi connectivity index (χ3v) is 3.06. The Morgan fingerprint density at radius 2 is 2.00 bits per heavy atom. The Morgan fingerprint density at radius 3 is 2.62 bits per heavy atom. The molecule has 0 aliphatic carbocycles. The van der Waals surface area contributed by atoms with Crippen molar-refractivity contribution in [3.8, 4) is 6.07 Å². The summed E-state index contributed by atoms with van der Waals surface area (Å²) in [5.41, 5.74) is 7.05. The number of amides is 2. The van der Waals surface area contributed by atoms with Crippen LogP contribution in [0.1, 0.15) is 15.9 Å². The van der Waals surface area contributed by atoms with E-state index in [1.165, 1.54) is 0 Å². The van der Waals surface area contributed by atoms with Gasteiger partial charge in [-0.3, -0.25) is 14.6 Å². The summed E-state index contributed by atoms with van der Waals surface area (Å²) in [6.45, 7) is 0.234. The van der Waals surface area contributed by atoms with Crippen LogP contribution in [0.5, 0.6) is 0 Å². The van der Waals surface area contributed by atoms with Crippen LogP contribution in [0, 0.1) is 11.3 Å². The standard InChI is InChI=1S/C17H15N5O2/c18-8-14(17(24)21-10-12-2-1-7-20-9-12)11-22-16(23)13-3-5-15(19)6-4-13/h1-7,9,11H,10,19H2,(H,21,24)(H,22,23)/b14-11-. The number of nitrogen functional groups attached to an aromatic ring is 1. The van der Waals surface area contributed by atoms with Gasteiger partial charge in [0.25, 0.3) is 11.8 Å². The third-order valence-electron chi connectivity index (χ3n) is 3.06. The molecule has 7 nitrogen and oxygen atoms in total. The molecule has 0 saturated carbocycles. The van der Waals surface area contributed by atoms with Crippen LogP contribution in [0.4, 0.5) is 5.69 Å². The molecular weight excluding hydrogens is 306 g/mol. The van der Waals surface area contributed by atoms with Crippen LogP contribution < -0.4 is 16.4 Å². The lowest BCUT2D eigenvalue weighted by atomic mass is 10.2. The smallest absolute Gasteiger partial charge is 0.263 e. The van der Waals surface area contributed by atoms with Crippen LogP contribution >= 0.6 is 0 Å². The number of carbonyl (C=O) groups is 2. The molecule has 0 unspecified atom stereocenters. The summed E-state index contributed by atoms with van der Waals surface area (Å²) in [5, 5.41) is 14.0. The fourth-order valence-electron chi connectivity index (χ4n) is 1.78. The van der Waals surface area contributed by atoms with Crippen LogP contribution in [0.15, 0.2) is 60.6 Å². The molecule has 120 valence electrons. The highest BCUT2D eigenvalue weighted by molar-refractivity contribution is 5.99. The lowest BCUT2D eigenvalue weighted by molar-refractivity contribution is -0.117. The summed E-state index contributed by atoms with van der Waals surface area (Å²) >= 11 is 0. The molecule has 0 spiro atoms. The van der Waals surface area contributed by atoms with Crippen molar-refractivity contribution in [1.82, 2.24) is 15.6 Å². The number of pyridine rings is 1. The topological polar surface area (TPSA) is 121 Å². The van der Waals surface area contributed by atoms with E-state index in [1.807, 2.05) is 0 Å². The van der Waals surface area contributed by atoms with Gasteiger partial charge >= 0.3 is 0 Å². The number of hydrogen-bond donors (Lipinski definition) is 3. The number of carbonyl (C=O) groups excluding carboxylic acids is 2. The number of rotatable bonds is 5. The normalized spacial score (nSPS) is 10.5. The number of aromatic nitrogens is 1. The van der Waals surface area contributed by atoms with E-state index in [2.05, 4.69) is 15.6 Å². The van der Waals surface area contributed by atoms with Gasteiger partial charge in [0, 0.05) is 36.4 Å². The molecule has 0 radical (unpaired) electrons. The van der Waals surface area contributed by atoms with Crippen molar-refractivity contribution in [3.63, 3.8) is 0 Å². The molecule has 1 heterocycles. The van der Waals surface area contributed by atoms with Crippen LogP contribution in [-0.2, 0) is 11.3 Å². The van der Waals surface area contributed by atoms with Gasteiger partial charge in [-0.2, -0.15) is 5.26 Å². The Hall–Kier alpha value is -3.66. The van der Waals surface area contributed by atoms with E-state index < -0.39 is 11.8 Å². The molecule has 2 aromatic rings. The monoisotopic (exact) mass is 321 g/mol. The number of nitriles is 1. The van der Waals surface area contributed by atoms with E-state index in [-0.39, 0.29) is 12.1 Å². The van der Waals surface area contributed by atoms with E-state index in [1.54, 1.807) is 54.9 Å². The fraction of sp³-hybridized carbons (Fsp3) is 0.0588. The summed E-state index contributed by atoms with van der Waals surface area (Å²) in [6, 6.07) is 11.6. The summed E-state index contributed by atoms with van der Waals surface area (Å²) in [6.07, 6.45) is 4.31. The molecular formula is C17H15N5O2. The number of nitrogens with zero attached hydrogens (tertiary/aromatic N) is 2. The molecule has 4 N–H and O–H groups in total. The number of nitrogens with one attached hydrogen (secondary N) is 2. The van der Waals surface area contributed by atoms with Gasteiger partial charge in [0.05, 0.1) is 0 Å². The highest BCUT2D eigenvalue weighted by Crippen LogP contribution is 2.05. The van der Waals surface area contributed by atoms with Crippen molar-refractivity contribution in [3.05, 3.63) is 71.7 Å². The van der Waals surface area contributed by atoms with Gasteiger partial charge in [0.2, 0.25) is 0 Å². The zero-order valence-electron chi connectivity index (χ0n) is 12.7. The van der Waals surface area contributed by atoms with Gasteiger partial charge in [0.1, 0.15) is 11.6 Å². The lowest BCUT2D eigenvalue weighted by Crippen LogP contribution is -2.26. The van der Waals surface area contributed by atoms with Crippen molar-refractivity contribution in [2.45, 2.75) is 6.54 Å². The van der Waals surface area contributed by atoms with Crippen LogP contribution in [0.2, 0.25) is 0 Å². The predicted molar refractivity (Wildman–Crippen MR) is 88.1 cm³/mol. The van der Waals surface area contributed by atoms with Crippen molar-refractivity contribution < 1.29 is 9.59 Å². The Labute approximate surface area is 138 Å². The second-order valence-electron chi connectivity index (χ2n) is 4.81. The van der Waals surface area contributed by atoms with Crippen molar-refractivity contribution >= 4 is 17.5 Å². The molecule has 0 fully saturated rings. The van der Waals surface area contributed by atoms with Crippen molar-refractivity contribution in [2.75, 3.05) is 5.73 Å². The number of benzene rings is 1. The van der Waals surface area contributed by atoms with E-state index in [0.29, 0.717) is 11.3 Å². The first-order valence-corrected chi connectivity index (χ1v) is 7.04. The average Bonchev–Trinajstić information content (AvgIpc) is 2.61. The minimum absolute atomic E-state index is 0.206. The molecule has 24 heavy (non-hydrogen) atoms. The molecule has 0 saturated heterocycles. The first-order valence-electron chi connectivity index (χ1n) is 7.04. The summed E-state index contributed by atoms with van der Waals surface area (Å²) in [5.74, 6) is -1.03. The summed E-state index contributed by atoms with van der Waals surface area (Å²) < 4.78 is 0. The van der Waals surface area contributed by atoms with Crippen LogP contribution in [0.25, 0.3) is 0 Å². The van der Waals surface area contributed by atoms with Crippen LogP contribution in [-0.4, -0.2) is 16.8 Å². The zero-order valence-corrected chi connectivity index (χ0v) is 12.7. The second-order valence-corrected chi connectivity index (χ2v) is 4.81. The number of hydrogen-bond acceptors (Lipinski definition) is 5. The molecule has 0 aliphatic rings. The predicted octanol–water partition coefficient (Wildman–Crippen LogP) is 1.12. The van der Waals surface area contributed by atoms with Gasteiger partial charge in [-0.05, 0) is 35.9 Å². The van der Waals surface area contributed by atoms with E-state index in [9.17, 15) is 9.59 Å². The summed E-state index contributed by atoms with van der Waals surface area (Å²) in [7, 11) is 0. The maximum atomic E-state index is 12.0. The number of nitrogens with two attached hydrogens (primary N) is 1. The van der Waals surface area contributed by atoms with E-state index in [0.717, 1.165) is 11.8 Å². The first-order chi connectivity index (χ1) is 11.6.